The van der Waals surface area contributed by atoms with Gasteiger partial charge in [-0.3, -0.25) is 9.48 Å². The van der Waals surface area contributed by atoms with Crippen LogP contribution in [-0.2, 0) is 12.6 Å². The summed E-state index contributed by atoms with van der Waals surface area (Å²) in [6, 6.07) is 8.28. The van der Waals surface area contributed by atoms with Crippen LogP contribution in [0.2, 0.25) is 0 Å². The monoisotopic (exact) mass is 357 g/mol. The maximum absolute atomic E-state index is 14.2. The first-order chi connectivity index (χ1) is 12.3. The number of carbonyl (C=O) groups is 1. The standard InChI is InChI=1S/C20H24FN3O2/c1-19(2)14-8-9-20(19,15-7-5-4-6-12(14)15)23-18(26)13-10-22-24(3)17(13)16(21)11-25/h4-7,10,14,16,25H,8-9,11H2,1-3H3,(H,23,26). The fourth-order valence-electron chi connectivity index (χ4n) is 5.19. The number of hydrogen-bond donors (Lipinski definition) is 2. The maximum Gasteiger partial charge on any atom is 0.255 e. The number of hydrogen-bond acceptors (Lipinski definition) is 3. The van der Waals surface area contributed by atoms with E-state index in [1.807, 2.05) is 12.1 Å². The van der Waals surface area contributed by atoms with Crippen LogP contribution >= 0.6 is 0 Å². The van der Waals surface area contributed by atoms with E-state index in [2.05, 4.69) is 36.4 Å². The number of halogens is 1. The highest BCUT2D eigenvalue weighted by molar-refractivity contribution is 5.96. The molecule has 1 saturated carbocycles. The molecule has 1 fully saturated rings. The maximum atomic E-state index is 14.2. The Labute approximate surface area is 152 Å². The molecule has 3 atom stereocenters. The largest absolute Gasteiger partial charge is 0.393 e. The third-order valence-electron chi connectivity index (χ3n) is 6.59. The summed E-state index contributed by atoms with van der Waals surface area (Å²) in [6.45, 7) is 3.71. The highest BCUT2D eigenvalue weighted by atomic mass is 19.1. The van der Waals surface area contributed by atoms with Gasteiger partial charge in [0.1, 0.15) is 0 Å². The van der Waals surface area contributed by atoms with Gasteiger partial charge < -0.3 is 10.4 Å². The van der Waals surface area contributed by atoms with Crippen LogP contribution in [0.5, 0.6) is 0 Å². The second kappa shape index (κ2) is 5.64. The number of nitrogens with one attached hydrogen (secondary N) is 1. The molecule has 1 aromatic heterocycles. The van der Waals surface area contributed by atoms with Crippen LogP contribution in [0.25, 0.3) is 0 Å². The normalized spacial score (nSPS) is 26.6. The molecule has 138 valence electrons. The summed E-state index contributed by atoms with van der Waals surface area (Å²) in [5, 5.41) is 16.5. The summed E-state index contributed by atoms with van der Waals surface area (Å²) >= 11 is 0. The molecule has 26 heavy (non-hydrogen) atoms. The van der Waals surface area contributed by atoms with Crippen molar-refractivity contribution < 1.29 is 14.3 Å². The van der Waals surface area contributed by atoms with Gasteiger partial charge in [-0.2, -0.15) is 5.10 Å². The number of aryl methyl sites for hydroxylation is 1. The Hall–Kier alpha value is -2.21. The van der Waals surface area contributed by atoms with Crippen molar-refractivity contribution in [1.29, 1.82) is 0 Å². The first-order valence-corrected chi connectivity index (χ1v) is 9.02. The Balaban J connectivity index is 1.75. The molecular formula is C20H24FN3O2. The van der Waals surface area contributed by atoms with Crippen LogP contribution in [0.1, 0.15) is 66.0 Å². The molecule has 1 heterocycles. The van der Waals surface area contributed by atoms with Gasteiger partial charge >= 0.3 is 0 Å². The molecule has 0 saturated heterocycles. The van der Waals surface area contributed by atoms with Crippen LogP contribution in [0, 0.1) is 5.41 Å². The van der Waals surface area contributed by atoms with Crippen molar-refractivity contribution in [3.8, 4) is 0 Å². The average Bonchev–Trinajstić information content (AvgIpc) is 3.18. The van der Waals surface area contributed by atoms with Crippen LogP contribution < -0.4 is 5.32 Å². The van der Waals surface area contributed by atoms with E-state index in [1.165, 1.54) is 22.0 Å². The highest BCUT2D eigenvalue weighted by Gasteiger charge is 2.62. The van der Waals surface area contributed by atoms with E-state index < -0.39 is 18.3 Å². The van der Waals surface area contributed by atoms with Crippen molar-refractivity contribution >= 4 is 5.91 Å². The minimum Gasteiger partial charge on any atom is -0.393 e. The predicted octanol–water partition coefficient (Wildman–Crippen LogP) is 2.97. The molecular weight excluding hydrogens is 333 g/mol. The lowest BCUT2D eigenvalue weighted by molar-refractivity contribution is 0.0803. The molecule has 0 aliphatic heterocycles. The third-order valence-corrected chi connectivity index (χ3v) is 6.59. The van der Waals surface area contributed by atoms with Gasteiger partial charge in [0, 0.05) is 7.05 Å². The number of fused-ring (bicyclic) bond motifs is 5. The van der Waals surface area contributed by atoms with E-state index in [9.17, 15) is 14.3 Å². The highest BCUT2D eigenvalue weighted by Crippen LogP contribution is 2.66. The summed E-state index contributed by atoms with van der Waals surface area (Å²) in [5.41, 5.74) is 2.17. The zero-order chi connectivity index (χ0) is 18.7. The second-order valence-corrected chi connectivity index (χ2v) is 7.98. The first-order valence-electron chi connectivity index (χ1n) is 9.02. The summed E-state index contributed by atoms with van der Waals surface area (Å²) < 4.78 is 15.5. The minimum atomic E-state index is -1.64. The number of aliphatic hydroxyl groups excluding tert-OH is 1. The van der Waals surface area contributed by atoms with E-state index in [-0.39, 0.29) is 22.6 Å². The average molecular weight is 357 g/mol. The summed E-state index contributed by atoms with van der Waals surface area (Å²) in [7, 11) is 1.58. The van der Waals surface area contributed by atoms with Gasteiger partial charge in [0.25, 0.3) is 5.91 Å². The van der Waals surface area contributed by atoms with Crippen LogP contribution in [0.3, 0.4) is 0 Å². The van der Waals surface area contributed by atoms with Gasteiger partial charge in [-0.25, -0.2) is 4.39 Å². The Morgan fingerprint density at radius 2 is 2.19 bits per heavy atom. The molecule has 1 amide bonds. The van der Waals surface area contributed by atoms with Crippen molar-refractivity contribution in [2.45, 2.75) is 44.3 Å². The van der Waals surface area contributed by atoms with Crippen LogP contribution in [-0.4, -0.2) is 27.4 Å². The molecule has 5 nitrogen and oxygen atoms in total. The van der Waals surface area contributed by atoms with Gasteiger partial charge in [0.2, 0.25) is 0 Å². The quantitative estimate of drug-likeness (QED) is 0.884. The lowest BCUT2D eigenvalue weighted by atomic mass is 9.74. The molecule has 4 rings (SSSR count). The smallest absolute Gasteiger partial charge is 0.255 e. The zero-order valence-electron chi connectivity index (χ0n) is 15.3. The fraction of sp³-hybridized carbons (Fsp3) is 0.500. The van der Waals surface area contributed by atoms with Crippen LogP contribution in [0.4, 0.5) is 4.39 Å². The Morgan fingerprint density at radius 3 is 2.92 bits per heavy atom. The van der Waals surface area contributed by atoms with Crippen molar-refractivity contribution in [3.63, 3.8) is 0 Å². The van der Waals surface area contributed by atoms with E-state index >= 15 is 0 Å². The number of nitrogens with zero attached hydrogens (tertiary/aromatic N) is 2. The number of carbonyl (C=O) groups excluding carboxylic acids is 1. The molecule has 1 aromatic carbocycles. The number of rotatable bonds is 4. The first kappa shape index (κ1) is 17.2. The van der Waals surface area contributed by atoms with Gasteiger partial charge in [0.05, 0.1) is 29.6 Å². The lowest BCUT2D eigenvalue weighted by Crippen LogP contribution is -2.51. The van der Waals surface area contributed by atoms with Crippen molar-refractivity contribution in [3.05, 3.63) is 52.8 Å². The summed E-state index contributed by atoms with van der Waals surface area (Å²) in [5.74, 6) is 0.0633. The van der Waals surface area contributed by atoms with Crippen molar-refractivity contribution in [2.75, 3.05) is 6.61 Å². The molecule has 0 spiro atoms. The number of aliphatic hydroxyl groups is 1. The molecule has 2 aromatic rings. The third kappa shape index (κ3) is 2.05. The topological polar surface area (TPSA) is 67.2 Å². The fourth-order valence-corrected chi connectivity index (χ4v) is 5.19. The molecule has 6 heteroatoms. The number of aromatic nitrogens is 2. The Kier molecular flexibility index (Phi) is 3.74. The Morgan fingerprint density at radius 1 is 1.46 bits per heavy atom. The molecule has 3 unspecified atom stereocenters. The summed E-state index contributed by atoms with van der Waals surface area (Å²) in [4.78, 5) is 13.1. The van der Waals surface area contributed by atoms with Gasteiger partial charge in [-0.05, 0) is 35.3 Å². The van der Waals surface area contributed by atoms with E-state index in [0.717, 1.165) is 12.8 Å². The number of benzene rings is 1. The van der Waals surface area contributed by atoms with Gasteiger partial charge in [0.15, 0.2) is 6.17 Å². The predicted molar refractivity (Wildman–Crippen MR) is 95.5 cm³/mol. The lowest BCUT2D eigenvalue weighted by Gasteiger charge is -2.40. The van der Waals surface area contributed by atoms with Gasteiger partial charge in [-0.15, -0.1) is 0 Å². The zero-order valence-corrected chi connectivity index (χ0v) is 15.3. The van der Waals surface area contributed by atoms with Crippen LogP contribution in [0.15, 0.2) is 30.5 Å². The van der Waals surface area contributed by atoms with Crippen molar-refractivity contribution in [1.82, 2.24) is 15.1 Å². The SMILES string of the molecule is Cn1ncc(C(=O)NC23CCC(c4ccccc42)C3(C)C)c1C(F)CO. The summed E-state index contributed by atoms with van der Waals surface area (Å²) in [6.07, 6.45) is 1.62. The van der Waals surface area contributed by atoms with Crippen molar-refractivity contribution in [2.24, 2.45) is 12.5 Å². The van der Waals surface area contributed by atoms with Gasteiger partial charge in [-0.1, -0.05) is 38.1 Å². The van der Waals surface area contributed by atoms with E-state index in [0.29, 0.717) is 5.92 Å². The van der Waals surface area contributed by atoms with E-state index in [1.54, 1.807) is 7.05 Å². The molecule has 2 aliphatic rings. The number of amides is 1. The molecule has 2 bridgehead atoms. The minimum absolute atomic E-state index is 0.111. The molecule has 2 aliphatic carbocycles. The molecule has 2 N–H and O–H groups in total. The number of alkyl halides is 1. The molecule has 0 radical (unpaired) electrons. The van der Waals surface area contributed by atoms with E-state index in [4.69, 9.17) is 0 Å². The Bertz CT molecular complexity index is 876. The second-order valence-electron chi connectivity index (χ2n) is 7.98.